The lowest BCUT2D eigenvalue weighted by atomic mass is 10.0. The van der Waals surface area contributed by atoms with Crippen LogP contribution >= 0.6 is 0 Å². The maximum absolute atomic E-state index is 12.9. The molecule has 0 bridgehead atoms. The molecule has 66 heavy (non-hydrogen) atoms. The third-order valence-corrected chi connectivity index (χ3v) is 13.7. The average Bonchev–Trinajstić information content (AvgIpc) is 3.29. The number of hydrogen-bond acceptors (Lipinski definition) is 6. The SMILES string of the molecule is CCCCCCCCCCCCCCCCCCCC(=O)O[C@@H](COC(=O)CCCCCCCCCCCCCCCC(C)C)COC(=O)CCCCCCCCCCCCCCC(C)C. The minimum absolute atomic E-state index is 0.0625. The Balaban J connectivity index is 4.30. The van der Waals surface area contributed by atoms with Crippen LogP contribution in [0.25, 0.3) is 0 Å². The zero-order chi connectivity index (χ0) is 48.2. The van der Waals surface area contributed by atoms with Crippen LogP contribution in [0.15, 0.2) is 0 Å². The van der Waals surface area contributed by atoms with Gasteiger partial charge >= 0.3 is 17.9 Å². The summed E-state index contributed by atoms with van der Waals surface area (Å²) in [5.74, 6) is 0.837. The van der Waals surface area contributed by atoms with Gasteiger partial charge in [-0.15, -0.1) is 0 Å². The van der Waals surface area contributed by atoms with Crippen molar-refractivity contribution in [2.45, 2.75) is 343 Å². The molecule has 1 atom stereocenters. The summed E-state index contributed by atoms with van der Waals surface area (Å²) in [5, 5.41) is 0. The van der Waals surface area contributed by atoms with Gasteiger partial charge in [-0.1, -0.05) is 298 Å². The van der Waals surface area contributed by atoms with E-state index >= 15 is 0 Å². The van der Waals surface area contributed by atoms with Crippen LogP contribution < -0.4 is 0 Å². The topological polar surface area (TPSA) is 78.9 Å². The van der Waals surface area contributed by atoms with Crippen molar-refractivity contribution in [3.63, 3.8) is 0 Å². The molecule has 6 heteroatoms. The molecule has 0 heterocycles. The van der Waals surface area contributed by atoms with Crippen molar-refractivity contribution in [2.75, 3.05) is 13.2 Å². The van der Waals surface area contributed by atoms with Crippen LogP contribution in [0.5, 0.6) is 0 Å². The van der Waals surface area contributed by atoms with Crippen molar-refractivity contribution in [2.24, 2.45) is 11.8 Å². The first kappa shape index (κ1) is 64.4. The number of carbonyl (C=O) groups is 3. The Labute approximate surface area is 412 Å². The molecule has 6 nitrogen and oxygen atoms in total. The van der Waals surface area contributed by atoms with E-state index in [1.807, 2.05) is 0 Å². The maximum atomic E-state index is 12.9. The molecule has 0 aliphatic rings. The van der Waals surface area contributed by atoms with Crippen molar-refractivity contribution in [3.05, 3.63) is 0 Å². The second-order valence-electron chi connectivity index (χ2n) is 21.6. The molecule has 0 aromatic rings. The summed E-state index contributed by atoms with van der Waals surface area (Å²) in [6, 6.07) is 0. The highest BCUT2D eigenvalue weighted by atomic mass is 16.6. The molecule has 0 rings (SSSR count). The van der Waals surface area contributed by atoms with E-state index in [1.54, 1.807) is 0 Å². The zero-order valence-electron chi connectivity index (χ0n) is 45.3. The second kappa shape index (κ2) is 52.8. The van der Waals surface area contributed by atoms with Crippen LogP contribution in [-0.4, -0.2) is 37.2 Å². The van der Waals surface area contributed by atoms with Gasteiger partial charge in [-0.2, -0.15) is 0 Å². The van der Waals surface area contributed by atoms with Crippen molar-refractivity contribution >= 4 is 17.9 Å². The first-order valence-corrected chi connectivity index (χ1v) is 29.7. The van der Waals surface area contributed by atoms with Crippen molar-refractivity contribution in [1.29, 1.82) is 0 Å². The summed E-state index contributed by atoms with van der Waals surface area (Å²) in [5.41, 5.74) is 0. The summed E-state index contributed by atoms with van der Waals surface area (Å²) < 4.78 is 16.9. The summed E-state index contributed by atoms with van der Waals surface area (Å²) in [6.07, 6.45) is 56.6. The molecule has 0 amide bonds. The fourth-order valence-electron chi connectivity index (χ4n) is 9.23. The Morgan fingerprint density at radius 3 is 0.742 bits per heavy atom. The van der Waals surface area contributed by atoms with E-state index in [-0.39, 0.29) is 31.1 Å². The van der Waals surface area contributed by atoms with E-state index in [9.17, 15) is 14.4 Å². The van der Waals surface area contributed by atoms with Gasteiger partial charge in [-0.25, -0.2) is 0 Å². The molecule has 0 fully saturated rings. The van der Waals surface area contributed by atoms with Gasteiger partial charge in [0.25, 0.3) is 0 Å². The first-order chi connectivity index (χ1) is 32.2. The second-order valence-corrected chi connectivity index (χ2v) is 21.6. The molecule has 0 aliphatic carbocycles. The van der Waals surface area contributed by atoms with Crippen LogP contribution in [0.3, 0.4) is 0 Å². The Morgan fingerprint density at radius 2 is 0.500 bits per heavy atom. The van der Waals surface area contributed by atoms with E-state index < -0.39 is 6.10 Å². The number of rotatable bonds is 54. The fraction of sp³-hybridized carbons (Fsp3) is 0.950. The molecule has 0 N–H and O–H groups in total. The van der Waals surface area contributed by atoms with E-state index in [0.717, 1.165) is 69.6 Å². The lowest BCUT2D eigenvalue weighted by molar-refractivity contribution is -0.167. The standard InChI is InChI=1S/C60H116O6/c1-6-7-8-9-10-11-12-13-14-15-16-19-27-32-37-42-47-52-60(63)66-57(54-65-59(62)51-46-41-36-31-26-22-21-24-29-34-39-44-49-56(4)5)53-64-58(61)50-45-40-35-30-25-20-17-18-23-28-33-38-43-48-55(2)3/h55-57H,6-54H2,1-5H3/t57-/m0/s1. The monoisotopic (exact) mass is 933 g/mol. The van der Waals surface area contributed by atoms with E-state index in [2.05, 4.69) is 34.6 Å². The Morgan fingerprint density at radius 1 is 0.288 bits per heavy atom. The van der Waals surface area contributed by atoms with Gasteiger partial charge in [0.15, 0.2) is 6.10 Å². The highest BCUT2D eigenvalue weighted by Gasteiger charge is 2.19. The highest BCUT2D eigenvalue weighted by Crippen LogP contribution is 2.18. The average molecular weight is 934 g/mol. The number of carbonyl (C=O) groups excluding carboxylic acids is 3. The summed E-state index contributed by atoms with van der Waals surface area (Å²) in [6.45, 7) is 11.4. The third-order valence-electron chi connectivity index (χ3n) is 13.7. The summed E-state index contributed by atoms with van der Waals surface area (Å²) >= 11 is 0. The molecule has 0 aromatic carbocycles. The van der Waals surface area contributed by atoms with Crippen LogP contribution in [0.2, 0.25) is 0 Å². The number of esters is 3. The lowest BCUT2D eigenvalue weighted by Gasteiger charge is -2.18. The Bertz CT molecular complexity index is 1010. The van der Waals surface area contributed by atoms with Gasteiger partial charge in [0.2, 0.25) is 0 Å². The molecule has 0 radical (unpaired) electrons. The van der Waals surface area contributed by atoms with Gasteiger partial charge in [0, 0.05) is 19.3 Å². The molecule has 392 valence electrons. The summed E-state index contributed by atoms with van der Waals surface area (Å²) in [7, 11) is 0. The van der Waals surface area contributed by atoms with Gasteiger partial charge < -0.3 is 14.2 Å². The number of hydrogen-bond donors (Lipinski definition) is 0. The zero-order valence-corrected chi connectivity index (χ0v) is 45.3. The molecule has 0 saturated carbocycles. The van der Waals surface area contributed by atoms with Crippen LogP contribution in [0.4, 0.5) is 0 Å². The maximum Gasteiger partial charge on any atom is 0.306 e. The Hall–Kier alpha value is -1.59. The van der Waals surface area contributed by atoms with E-state index in [4.69, 9.17) is 14.2 Å². The molecule has 0 aromatic heterocycles. The first-order valence-electron chi connectivity index (χ1n) is 29.7. The van der Waals surface area contributed by atoms with Crippen LogP contribution in [-0.2, 0) is 28.6 Å². The quantitative estimate of drug-likeness (QED) is 0.0343. The molecule has 0 aliphatic heterocycles. The number of ether oxygens (including phenoxy) is 3. The Kier molecular flexibility index (Phi) is 51.5. The normalized spacial score (nSPS) is 12.0. The van der Waals surface area contributed by atoms with Crippen molar-refractivity contribution < 1.29 is 28.6 Å². The van der Waals surface area contributed by atoms with E-state index in [1.165, 1.54) is 225 Å². The molecular formula is C60H116O6. The van der Waals surface area contributed by atoms with Gasteiger partial charge in [0.05, 0.1) is 0 Å². The van der Waals surface area contributed by atoms with Gasteiger partial charge in [-0.05, 0) is 31.1 Å². The molecule has 0 spiro atoms. The minimum Gasteiger partial charge on any atom is -0.462 e. The molecular weight excluding hydrogens is 817 g/mol. The van der Waals surface area contributed by atoms with Crippen LogP contribution in [0, 0.1) is 11.8 Å². The number of unbranched alkanes of at least 4 members (excludes halogenated alkanes) is 39. The predicted molar refractivity (Wildman–Crippen MR) is 284 cm³/mol. The highest BCUT2D eigenvalue weighted by molar-refractivity contribution is 5.71. The fourth-order valence-corrected chi connectivity index (χ4v) is 9.23. The molecule has 0 saturated heterocycles. The predicted octanol–water partition coefficient (Wildman–Crippen LogP) is 19.7. The van der Waals surface area contributed by atoms with Crippen molar-refractivity contribution in [3.8, 4) is 0 Å². The van der Waals surface area contributed by atoms with Gasteiger partial charge in [-0.3, -0.25) is 14.4 Å². The molecule has 0 unspecified atom stereocenters. The summed E-state index contributed by atoms with van der Waals surface area (Å²) in [4.78, 5) is 38.2. The van der Waals surface area contributed by atoms with Crippen molar-refractivity contribution in [1.82, 2.24) is 0 Å². The van der Waals surface area contributed by atoms with Crippen LogP contribution in [0.1, 0.15) is 336 Å². The lowest BCUT2D eigenvalue weighted by Crippen LogP contribution is -2.30. The third kappa shape index (κ3) is 53.4. The van der Waals surface area contributed by atoms with Gasteiger partial charge in [0.1, 0.15) is 13.2 Å². The largest absolute Gasteiger partial charge is 0.462 e. The van der Waals surface area contributed by atoms with E-state index in [0.29, 0.717) is 19.3 Å². The minimum atomic E-state index is -0.763. The smallest absolute Gasteiger partial charge is 0.306 e.